The SMILES string of the molecule is CCC(C)c1ccc(C23CC4CC(CC(C)(C4)C2)C3)cc1. The molecule has 0 heterocycles. The molecule has 4 saturated carbocycles. The fourth-order valence-electron chi connectivity index (χ4n) is 6.46. The van der Waals surface area contributed by atoms with Crippen molar-refractivity contribution in [3.05, 3.63) is 35.4 Å². The van der Waals surface area contributed by atoms with Gasteiger partial charge in [-0.2, -0.15) is 0 Å². The van der Waals surface area contributed by atoms with Crippen LogP contribution in [-0.2, 0) is 5.41 Å². The molecule has 0 aliphatic heterocycles. The molecule has 0 nitrogen and oxygen atoms in total. The molecule has 4 aliphatic rings. The molecule has 0 aromatic heterocycles. The van der Waals surface area contributed by atoms with E-state index in [0.29, 0.717) is 16.7 Å². The highest BCUT2D eigenvalue weighted by atomic mass is 14.6. The van der Waals surface area contributed by atoms with Crippen LogP contribution in [0.3, 0.4) is 0 Å². The van der Waals surface area contributed by atoms with Crippen LogP contribution in [0.25, 0.3) is 0 Å². The van der Waals surface area contributed by atoms with E-state index in [2.05, 4.69) is 45.0 Å². The van der Waals surface area contributed by atoms with Gasteiger partial charge in [0.15, 0.2) is 0 Å². The summed E-state index contributed by atoms with van der Waals surface area (Å²) in [7, 11) is 0. The van der Waals surface area contributed by atoms with Gasteiger partial charge in [-0.1, -0.05) is 45.0 Å². The molecule has 0 radical (unpaired) electrons. The molecule has 0 N–H and O–H groups in total. The predicted molar refractivity (Wildman–Crippen MR) is 89.6 cm³/mol. The topological polar surface area (TPSA) is 0 Å². The van der Waals surface area contributed by atoms with Gasteiger partial charge in [-0.25, -0.2) is 0 Å². The van der Waals surface area contributed by atoms with Crippen LogP contribution in [-0.4, -0.2) is 0 Å². The Morgan fingerprint density at radius 3 is 2.19 bits per heavy atom. The second kappa shape index (κ2) is 4.61. The zero-order valence-corrected chi connectivity index (χ0v) is 14.0. The van der Waals surface area contributed by atoms with Crippen molar-refractivity contribution in [3.8, 4) is 0 Å². The number of benzene rings is 1. The lowest BCUT2D eigenvalue weighted by Crippen LogP contribution is -2.52. The highest BCUT2D eigenvalue weighted by Gasteiger charge is 2.56. The van der Waals surface area contributed by atoms with E-state index < -0.39 is 0 Å². The monoisotopic (exact) mass is 282 g/mol. The Kier molecular flexibility index (Phi) is 3.04. The van der Waals surface area contributed by atoms with Crippen LogP contribution in [0.1, 0.15) is 82.8 Å². The van der Waals surface area contributed by atoms with Crippen molar-refractivity contribution in [2.24, 2.45) is 17.3 Å². The zero-order valence-electron chi connectivity index (χ0n) is 14.0. The van der Waals surface area contributed by atoms with Crippen LogP contribution in [0.4, 0.5) is 0 Å². The fraction of sp³-hybridized carbons (Fsp3) is 0.714. The van der Waals surface area contributed by atoms with Crippen molar-refractivity contribution in [2.75, 3.05) is 0 Å². The Labute approximate surface area is 130 Å². The summed E-state index contributed by atoms with van der Waals surface area (Å²) in [5, 5.41) is 0. The van der Waals surface area contributed by atoms with Gasteiger partial charge in [0.1, 0.15) is 0 Å². The minimum absolute atomic E-state index is 0.535. The van der Waals surface area contributed by atoms with Crippen molar-refractivity contribution in [2.45, 2.75) is 77.0 Å². The van der Waals surface area contributed by atoms with Gasteiger partial charge in [0.2, 0.25) is 0 Å². The predicted octanol–water partition coefficient (Wildman–Crippen LogP) is 6.06. The van der Waals surface area contributed by atoms with E-state index in [9.17, 15) is 0 Å². The molecule has 3 atom stereocenters. The number of hydrogen-bond acceptors (Lipinski definition) is 0. The molecule has 0 spiro atoms. The second-order valence-electron chi connectivity index (χ2n) is 8.98. The summed E-state index contributed by atoms with van der Waals surface area (Å²) in [5.74, 6) is 2.74. The van der Waals surface area contributed by atoms with Gasteiger partial charge >= 0.3 is 0 Å². The van der Waals surface area contributed by atoms with Crippen molar-refractivity contribution in [1.29, 1.82) is 0 Å². The average Bonchev–Trinajstić information content (AvgIpc) is 2.44. The maximum atomic E-state index is 2.58. The summed E-state index contributed by atoms with van der Waals surface area (Å²) >= 11 is 0. The Morgan fingerprint density at radius 2 is 1.67 bits per heavy atom. The summed E-state index contributed by atoms with van der Waals surface area (Å²) < 4.78 is 0. The summed E-state index contributed by atoms with van der Waals surface area (Å²) in [4.78, 5) is 0. The number of hydrogen-bond donors (Lipinski definition) is 0. The van der Waals surface area contributed by atoms with Gasteiger partial charge in [0.05, 0.1) is 0 Å². The maximum absolute atomic E-state index is 2.58. The third-order valence-corrected chi connectivity index (χ3v) is 7.06. The third kappa shape index (κ3) is 2.17. The third-order valence-electron chi connectivity index (χ3n) is 7.06. The van der Waals surface area contributed by atoms with Crippen molar-refractivity contribution >= 4 is 0 Å². The van der Waals surface area contributed by atoms with Crippen LogP contribution in [0.15, 0.2) is 24.3 Å². The van der Waals surface area contributed by atoms with E-state index in [0.717, 1.165) is 11.8 Å². The zero-order chi connectivity index (χ0) is 14.7. The van der Waals surface area contributed by atoms with Crippen LogP contribution < -0.4 is 0 Å². The second-order valence-corrected chi connectivity index (χ2v) is 8.98. The molecule has 4 aliphatic carbocycles. The summed E-state index contributed by atoms with van der Waals surface area (Å²) in [6, 6.07) is 9.81. The smallest absolute Gasteiger partial charge is 0.00365 e. The van der Waals surface area contributed by atoms with Crippen molar-refractivity contribution in [3.63, 3.8) is 0 Å². The molecule has 3 unspecified atom stereocenters. The Balaban J connectivity index is 1.66. The molecule has 1 aromatic rings. The Bertz CT molecular complexity index is 509. The first-order chi connectivity index (χ1) is 10.0. The lowest BCUT2D eigenvalue weighted by atomic mass is 9.43. The van der Waals surface area contributed by atoms with E-state index in [1.54, 1.807) is 5.56 Å². The minimum atomic E-state index is 0.535. The highest BCUT2D eigenvalue weighted by molar-refractivity contribution is 5.33. The molecule has 1 aromatic carbocycles. The van der Waals surface area contributed by atoms with Gasteiger partial charge in [0, 0.05) is 0 Å². The maximum Gasteiger partial charge on any atom is -0.00365 e. The molecule has 5 rings (SSSR count). The molecule has 21 heavy (non-hydrogen) atoms. The van der Waals surface area contributed by atoms with Gasteiger partial charge in [-0.15, -0.1) is 0 Å². The van der Waals surface area contributed by atoms with E-state index in [1.165, 1.54) is 50.5 Å². The minimum Gasteiger partial charge on any atom is -0.0648 e. The highest BCUT2D eigenvalue weighted by Crippen LogP contribution is 2.65. The van der Waals surface area contributed by atoms with Crippen LogP contribution in [0.2, 0.25) is 0 Å². The van der Waals surface area contributed by atoms with Gasteiger partial charge in [0.25, 0.3) is 0 Å². The molecular formula is C21H30. The Hall–Kier alpha value is -0.780. The van der Waals surface area contributed by atoms with E-state index in [-0.39, 0.29) is 0 Å². The largest absolute Gasteiger partial charge is 0.0648 e. The van der Waals surface area contributed by atoms with Gasteiger partial charge in [-0.05, 0) is 84.7 Å². The molecule has 0 amide bonds. The van der Waals surface area contributed by atoms with Gasteiger partial charge < -0.3 is 0 Å². The lowest BCUT2D eigenvalue weighted by Gasteiger charge is -2.61. The molecular weight excluding hydrogens is 252 g/mol. The fourth-order valence-corrected chi connectivity index (χ4v) is 6.46. The molecule has 0 saturated heterocycles. The molecule has 0 heteroatoms. The van der Waals surface area contributed by atoms with E-state index >= 15 is 0 Å². The van der Waals surface area contributed by atoms with Crippen LogP contribution in [0.5, 0.6) is 0 Å². The number of rotatable bonds is 3. The molecule has 114 valence electrons. The standard InChI is InChI=1S/C21H30/c1-4-15(2)18-5-7-19(8-6-18)21-12-16-9-17(13-21)11-20(3,10-16)14-21/h5-8,15-17H,4,9-14H2,1-3H3. The van der Waals surface area contributed by atoms with Crippen LogP contribution in [0, 0.1) is 17.3 Å². The average molecular weight is 282 g/mol. The Morgan fingerprint density at radius 1 is 1.05 bits per heavy atom. The quantitative estimate of drug-likeness (QED) is 0.632. The van der Waals surface area contributed by atoms with Crippen molar-refractivity contribution < 1.29 is 0 Å². The lowest BCUT2D eigenvalue weighted by molar-refractivity contribution is -0.0615. The first-order valence-electron chi connectivity index (χ1n) is 9.12. The van der Waals surface area contributed by atoms with E-state index in [4.69, 9.17) is 0 Å². The van der Waals surface area contributed by atoms with Gasteiger partial charge in [-0.3, -0.25) is 0 Å². The summed E-state index contributed by atoms with van der Waals surface area (Å²) in [5.41, 5.74) is 4.37. The summed E-state index contributed by atoms with van der Waals surface area (Å²) in [6.45, 7) is 7.21. The normalized spacial score (nSPS) is 42.2. The van der Waals surface area contributed by atoms with E-state index in [1.807, 2.05) is 0 Å². The molecule has 4 bridgehead atoms. The van der Waals surface area contributed by atoms with Crippen LogP contribution >= 0.6 is 0 Å². The summed E-state index contributed by atoms with van der Waals surface area (Å²) in [6.07, 6.45) is 10.2. The first kappa shape index (κ1) is 13.9. The van der Waals surface area contributed by atoms with Crippen molar-refractivity contribution in [1.82, 2.24) is 0 Å². The molecule has 4 fully saturated rings. The first-order valence-corrected chi connectivity index (χ1v) is 9.12.